The molecule has 1 fully saturated rings. The predicted molar refractivity (Wildman–Crippen MR) is 80.7 cm³/mol. The second-order valence-corrected chi connectivity index (χ2v) is 6.02. The van der Waals surface area contributed by atoms with Gasteiger partial charge in [-0.1, -0.05) is 24.3 Å². The normalized spacial score (nSPS) is 24.8. The first-order valence-corrected chi connectivity index (χ1v) is 7.52. The van der Waals surface area contributed by atoms with Crippen LogP contribution >= 0.6 is 0 Å². The van der Waals surface area contributed by atoms with Crippen molar-refractivity contribution < 1.29 is 27.9 Å². The molecule has 1 aliphatic rings. The number of likely N-dealkylation sites (tertiary alicyclic amines) is 1. The lowest BCUT2D eigenvalue weighted by atomic mass is 9.80. The minimum atomic E-state index is -4.55. The van der Waals surface area contributed by atoms with Crippen molar-refractivity contribution in [2.24, 2.45) is 0 Å². The summed E-state index contributed by atoms with van der Waals surface area (Å²) in [5.74, 6) is -1.23. The molecule has 0 radical (unpaired) electrons. The number of carboxylic acid groups (broad SMARTS) is 1. The van der Waals surface area contributed by atoms with Gasteiger partial charge in [-0.2, -0.15) is 13.2 Å². The van der Waals surface area contributed by atoms with Crippen LogP contribution in [-0.4, -0.2) is 46.8 Å². The molecule has 0 aromatic heterocycles. The van der Waals surface area contributed by atoms with Crippen LogP contribution in [0.4, 0.5) is 18.0 Å². The summed E-state index contributed by atoms with van der Waals surface area (Å²) in [6, 6.07) is 5.36. The van der Waals surface area contributed by atoms with Crippen LogP contribution in [0.25, 0.3) is 0 Å². The number of carbonyl (C=O) groups is 2. The lowest BCUT2D eigenvalue weighted by Crippen LogP contribution is -2.59. The van der Waals surface area contributed by atoms with E-state index in [2.05, 4.69) is 0 Å². The van der Waals surface area contributed by atoms with E-state index in [0.717, 1.165) is 16.0 Å². The van der Waals surface area contributed by atoms with Crippen molar-refractivity contribution in [3.8, 4) is 0 Å². The quantitative estimate of drug-likeness (QED) is 0.886. The average molecular weight is 344 g/mol. The number of benzene rings is 1. The molecule has 1 heterocycles. The number of nitrogens with one attached hydrogen (secondary N) is 1. The van der Waals surface area contributed by atoms with Gasteiger partial charge < -0.3 is 15.3 Å². The van der Waals surface area contributed by atoms with Crippen molar-refractivity contribution in [1.29, 1.82) is 0 Å². The first-order chi connectivity index (χ1) is 11.1. The SMILES string of the molecule is Cc1ccccc1[C@@H]1CC(NC(=O)O)C(=O)N(CC(F)(F)F)[C@@H]1C. The third kappa shape index (κ3) is 3.98. The number of carbonyl (C=O) groups excluding carboxylic acids is 1. The maximum Gasteiger partial charge on any atom is 0.406 e. The summed E-state index contributed by atoms with van der Waals surface area (Å²) in [6.45, 7) is 2.01. The highest BCUT2D eigenvalue weighted by Crippen LogP contribution is 2.36. The molecule has 2 amide bonds. The van der Waals surface area contributed by atoms with Crippen LogP contribution in [0.1, 0.15) is 30.4 Å². The zero-order valence-corrected chi connectivity index (χ0v) is 13.3. The van der Waals surface area contributed by atoms with Gasteiger partial charge in [-0.15, -0.1) is 0 Å². The van der Waals surface area contributed by atoms with E-state index in [1.807, 2.05) is 24.4 Å². The number of hydrogen-bond donors (Lipinski definition) is 2. The van der Waals surface area contributed by atoms with Crippen molar-refractivity contribution in [2.75, 3.05) is 6.54 Å². The Labute approximate surface area is 137 Å². The largest absolute Gasteiger partial charge is 0.465 e. The molecule has 2 rings (SSSR count). The van der Waals surface area contributed by atoms with Crippen LogP contribution in [0.2, 0.25) is 0 Å². The van der Waals surface area contributed by atoms with E-state index >= 15 is 0 Å². The smallest absolute Gasteiger partial charge is 0.406 e. The summed E-state index contributed by atoms with van der Waals surface area (Å²) in [7, 11) is 0. The third-order valence-corrected chi connectivity index (χ3v) is 4.38. The molecule has 1 aliphatic heterocycles. The minimum absolute atomic E-state index is 0.130. The van der Waals surface area contributed by atoms with E-state index in [0.29, 0.717) is 0 Å². The van der Waals surface area contributed by atoms with E-state index in [4.69, 9.17) is 5.11 Å². The summed E-state index contributed by atoms with van der Waals surface area (Å²) in [5, 5.41) is 10.9. The van der Waals surface area contributed by atoms with Gasteiger partial charge in [0, 0.05) is 12.0 Å². The van der Waals surface area contributed by atoms with Gasteiger partial charge >= 0.3 is 12.3 Å². The molecule has 2 N–H and O–H groups in total. The molecule has 0 spiro atoms. The number of alkyl halides is 3. The fourth-order valence-electron chi connectivity index (χ4n) is 3.24. The number of nitrogens with zero attached hydrogens (tertiary/aromatic N) is 1. The van der Waals surface area contributed by atoms with Gasteiger partial charge in [-0.3, -0.25) is 4.79 Å². The van der Waals surface area contributed by atoms with Crippen molar-refractivity contribution in [2.45, 2.75) is 44.4 Å². The molecule has 0 bridgehead atoms. The molecule has 1 aromatic carbocycles. The summed E-state index contributed by atoms with van der Waals surface area (Å²) >= 11 is 0. The van der Waals surface area contributed by atoms with Crippen LogP contribution in [0, 0.1) is 6.92 Å². The molecule has 8 heteroatoms. The van der Waals surface area contributed by atoms with Gasteiger partial charge in [-0.25, -0.2) is 4.79 Å². The molecular formula is C16H19F3N2O3. The monoisotopic (exact) mass is 344 g/mol. The van der Waals surface area contributed by atoms with E-state index in [1.54, 1.807) is 19.1 Å². The van der Waals surface area contributed by atoms with Gasteiger partial charge in [0.15, 0.2) is 0 Å². The van der Waals surface area contributed by atoms with Crippen LogP contribution in [0.5, 0.6) is 0 Å². The number of hydrogen-bond acceptors (Lipinski definition) is 2. The Balaban J connectivity index is 2.38. The lowest BCUT2D eigenvalue weighted by molar-refractivity contribution is -0.170. The van der Waals surface area contributed by atoms with E-state index < -0.39 is 36.8 Å². The van der Waals surface area contributed by atoms with Crippen LogP contribution in [0.3, 0.4) is 0 Å². The summed E-state index contributed by atoms with van der Waals surface area (Å²) in [5.41, 5.74) is 1.71. The highest BCUT2D eigenvalue weighted by atomic mass is 19.4. The first-order valence-electron chi connectivity index (χ1n) is 7.52. The molecular weight excluding hydrogens is 325 g/mol. The second kappa shape index (κ2) is 6.70. The van der Waals surface area contributed by atoms with Gasteiger partial charge in [-0.05, 0) is 31.4 Å². The van der Waals surface area contributed by atoms with Crippen LogP contribution < -0.4 is 5.32 Å². The Morgan fingerprint density at radius 3 is 2.54 bits per heavy atom. The molecule has 3 atom stereocenters. The fourth-order valence-corrected chi connectivity index (χ4v) is 3.24. The zero-order valence-electron chi connectivity index (χ0n) is 13.3. The van der Waals surface area contributed by atoms with Gasteiger partial charge in [0.05, 0.1) is 0 Å². The molecule has 1 unspecified atom stereocenters. The number of aryl methyl sites for hydroxylation is 1. The van der Waals surface area contributed by atoms with Crippen molar-refractivity contribution in [1.82, 2.24) is 10.2 Å². The maximum atomic E-state index is 12.9. The first kappa shape index (κ1) is 18.1. The molecule has 1 aromatic rings. The van der Waals surface area contributed by atoms with Gasteiger partial charge in [0.25, 0.3) is 0 Å². The van der Waals surface area contributed by atoms with E-state index in [9.17, 15) is 22.8 Å². The highest BCUT2D eigenvalue weighted by Gasteiger charge is 2.45. The molecule has 1 saturated heterocycles. The topological polar surface area (TPSA) is 69.6 Å². The van der Waals surface area contributed by atoms with Crippen molar-refractivity contribution >= 4 is 12.0 Å². The summed E-state index contributed by atoms with van der Waals surface area (Å²) in [4.78, 5) is 23.9. The Hall–Kier alpha value is -2.25. The molecule has 24 heavy (non-hydrogen) atoms. The molecule has 5 nitrogen and oxygen atoms in total. The number of amides is 2. The fraction of sp³-hybridized carbons (Fsp3) is 0.500. The average Bonchev–Trinajstić information content (AvgIpc) is 2.46. The van der Waals surface area contributed by atoms with Crippen LogP contribution in [0.15, 0.2) is 24.3 Å². The predicted octanol–water partition coefficient (Wildman–Crippen LogP) is 2.90. The molecule has 0 aliphatic carbocycles. The Morgan fingerprint density at radius 2 is 2.00 bits per heavy atom. The summed E-state index contributed by atoms with van der Waals surface area (Å²) < 4.78 is 38.6. The Kier molecular flexibility index (Phi) is 5.05. The minimum Gasteiger partial charge on any atom is -0.465 e. The van der Waals surface area contributed by atoms with Crippen LogP contribution in [-0.2, 0) is 4.79 Å². The van der Waals surface area contributed by atoms with Crippen molar-refractivity contribution in [3.05, 3.63) is 35.4 Å². The lowest BCUT2D eigenvalue weighted by Gasteiger charge is -2.43. The highest BCUT2D eigenvalue weighted by molar-refractivity contribution is 5.86. The Morgan fingerprint density at radius 1 is 1.38 bits per heavy atom. The third-order valence-electron chi connectivity index (χ3n) is 4.38. The standard InChI is InChI=1S/C16H19F3N2O3/c1-9-5-3-4-6-11(9)12-7-13(20-15(23)24)14(22)21(10(12)2)8-16(17,18)19/h3-6,10,12-13,20H,7-8H2,1-2H3,(H,23,24)/t10-,12-,13?/m1/s1. The number of rotatable bonds is 3. The van der Waals surface area contributed by atoms with Gasteiger partial charge in [0.1, 0.15) is 12.6 Å². The van der Waals surface area contributed by atoms with Crippen molar-refractivity contribution in [3.63, 3.8) is 0 Å². The van der Waals surface area contributed by atoms with E-state index in [-0.39, 0.29) is 12.3 Å². The Bertz CT molecular complexity index is 633. The number of piperidine rings is 1. The zero-order chi connectivity index (χ0) is 18.1. The maximum absolute atomic E-state index is 12.9. The second-order valence-electron chi connectivity index (χ2n) is 6.02. The van der Waals surface area contributed by atoms with Gasteiger partial charge in [0.2, 0.25) is 5.91 Å². The molecule has 132 valence electrons. The van der Waals surface area contributed by atoms with E-state index in [1.165, 1.54) is 0 Å². The number of halogens is 3. The molecule has 0 saturated carbocycles. The summed E-state index contributed by atoms with van der Waals surface area (Å²) in [6.07, 6.45) is -5.85.